The Morgan fingerprint density at radius 2 is 1.94 bits per heavy atom. The fraction of sp³-hybridized carbons (Fsp3) is 0.0769. The van der Waals surface area contributed by atoms with Gasteiger partial charge in [0.2, 0.25) is 5.82 Å². The summed E-state index contributed by atoms with van der Waals surface area (Å²) in [6.45, 7) is 0. The third kappa shape index (κ3) is 1.91. The predicted molar refractivity (Wildman–Crippen MR) is 66.6 cm³/mol. The summed E-state index contributed by atoms with van der Waals surface area (Å²) < 4.78 is 5.23. The van der Waals surface area contributed by atoms with E-state index in [4.69, 9.17) is 10.2 Å². The molecule has 0 spiro atoms. The minimum atomic E-state index is -0.317. The lowest BCUT2D eigenvalue weighted by Crippen LogP contribution is -2.13. The van der Waals surface area contributed by atoms with Gasteiger partial charge in [0.25, 0.3) is 0 Å². The van der Waals surface area contributed by atoms with Crippen LogP contribution in [0.15, 0.2) is 53.1 Å². The number of hydrogen-bond acceptors (Lipinski definition) is 4. The van der Waals surface area contributed by atoms with E-state index in [9.17, 15) is 0 Å². The zero-order chi connectivity index (χ0) is 12.4. The van der Waals surface area contributed by atoms with Crippen molar-refractivity contribution in [2.45, 2.75) is 6.04 Å². The highest BCUT2D eigenvalue weighted by Gasteiger charge is 2.15. The normalized spacial score (nSPS) is 12.5. The number of nitrogens with one attached hydrogen (secondary N) is 1. The van der Waals surface area contributed by atoms with E-state index in [-0.39, 0.29) is 6.04 Å². The highest BCUT2D eigenvalue weighted by Crippen LogP contribution is 2.19. The monoisotopic (exact) mass is 240 g/mol. The molecule has 0 bridgehead atoms. The highest BCUT2D eigenvalue weighted by atomic mass is 16.3. The standard InChI is InChI=1S/C13H12N4O/c14-11(9-5-2-1-3-6-9)13-15-12(16-17-13)10-7-4-8-18-10/h1-8,11H,14H2,(H,15,16,17). The van der Waals surface area contributed by atoms with Crippen molar-refractivity contribution < 1.29 is 4.42 Å². The van der Waals surface area contributed by atoms with Crippen molar-refractivity contribution in [3.8, 4) is 11.6 Å². The first-order chi connectivity index (χ1) is 8.84. The second kappa shape index (κ2) is 4.46. The number of hydrogen-bond donors (Lipinski definition) is 2. The number of rotatable bonds is 3. The minimum Gasteiger partial charge on any atom is -0.461 e. The molecule has 0 saturated carbocycles. The fourth-order valence-corrected chi connectivity index (χ4v) is 1.75. The molecular formula is C13H12N4O. The van der Waals surface area contributed by atoms with Gasteiger partial charge in [0.05, 0.1) is 12.3 Å². The van der Waals surface area contributed by atoms with Crippen molar-refractivity contribution >= 4 is 0 Å². The molecule has 1 atom stereocenters. The molecule has 3 rings (SSSR count). The van der Waals surface area contributed by atoms with E-state index >= 15 is 0 Å². The van der Waals surface area contributed by atoms with E-state index in [0.29, 0.717) is 17.4 Å². The van der Waals surface area contributed by atoms with Crippen molar-refractivity contribution in [2.24, 2.45) is 5.73 Å². The quantitative estimate of drug-likeness (QED) is 0.734. The predicted octanol–water partition coefficient (Wildman–Crippen LogP) is 2.11. The molecule has 3 aromatic rings. The number of aromatic amines is 1. The Labute approximate surface area is 104 Å². The van der Waals surface area contributed by atoms with Crippen molar-refractivity contribution in [3.63, 3.8) is 0 Å². The topological polar surface area (TPSA) is 80.7 Å². The number of furan rings is 1. The molecule has 5 nitrogen and oxygen atoms in total. The Morgan fingerprint density at radius 1 is 1.11 bits per heavy atom. The Hall–Kier alpha value is -2.40. The number of aromatic nitrogens is 3. The summed E-state index contributed by atoms with van der Waals surface area (Å²) in [6.07, 6.45) is 1.59. The largest absolute Gasteiger partial charge is 0.461 e. The van der Waals surface area contributed by atoms with Crippen molar-refractivity contribution in [1.82, 2.24) is 15.2 Å². The van der Waals surface area contributed by atoms with E-state index < -0.39 is 0 Å². The molecule has 2 aromatic heterocycles. The van der Waals surface area contributed by atoms with Crippen LogP contribution >= 0.6 is 0 Å². The van der Waals surface area contributed by atoms with Gasteiger partial charge in [-0.05, 0) is 17.7 Å². The summed E-state index contributed by atoms with van der Waals surface area (Å²) in [5.74, 6) is 1.76. The van der Waals surface area contributed by atoms with Crippen LogP contribution in [0, 0.1) is 0 Å². The Bertz CT molecular complexity index is 616. The van der Waals surface area contributed by atoms with Crippen LogP contribution in [0.1, 0.15) is 17.4 Å². The fourth-order valence-electron chi connectivity index (χ4n) is 1.75. The van der Waals surface area contributed by atoms with Crippen LogP contribution in [0.25, 0.3) is 11.6 Å². The average molecular weight is 240 g/mol. The van der Waals surface area contributed by atoms with Crippen molar-refractivity contribution in [2.75, 3.05) is 0 Å². The molecule has 5 heteroatoms. The second-order valence-electron chi connectivity index (χ2n) is 3.91. The summed E-state index contributed by atoms with van der Waals surface area (Å²) in [4.78, 5) is 4.34. The lowest BCUT2D eigenvalue weighted by atomic mass is 10.1. The third-order valence-corrected chi connectivity index (χ3v) is 2.70. The van der Waals surface area contributed by atoms with Gasteiger partial charge >= 0.3 is 0 Å². The van der Waals surface area contributed by atoms with Gasteiger partial charge in [-0.2, -0.15) is 0 Å². The molecule has 0 aliphatic heterocycles. The molecule has 18 heavy (non-hydrogen) atoms. The van der Waals surface area contributed by atoms with Gasteiger partial charge in [-0.25, -0.2) is 4.98 Å². The number of H-pyrrole nitrogens is 1. The van der Waals surface area contributed by atoms with Gasteiger partial charge in [-0.15, -0.1) is 5.10 Å². The lowest BCUT2D eigenvalue weighted by molar-refractivity contribution is 0.577. The molecular weight excluding hydrogens is 228 g/mol. The van der Waals surface area contributed by atoms with Gasteiger partial charge in [-0.3, -0.25) is 5.10 Å². The molecule has 0 amide bonds. The van der Waals surface area contributed by atoms with Crippen LogP contribution in [0.3, 0.4) is 0 Å². The molecule has 0 fully saturated rings. The van der Waals surface area contributed by atoms with Gasteiger partial charge < -0.3 is 10.2 Å². The minimum absolute atomic E-state index is 0.317. The van der Waals surface area contributed by atoms with Crippen LogP contribution in [0.5, 0.6) is 0 Å². The molecule has 90 valence electrons. The second-order valence-corrected chi connectivity index (χ2v) is 3.91. The van der Waals surface area contributed by atoms with E-state index in [0.717, 1.165) is 5.56 Å². The Kier molecular flexibility index (Phi) is 2.66. The van der Waals surface area contributed by atoms with Crippen LogP contribution in [-0.2, 0) is 0 Å². The maximum absolute atomic E-state index is 6.12. The summed E-state index contributed by atoms with van der Waals surface area (Å²) >= 11 is 0. The van der Waals surface area contributed by atoms with Gasteiger partial charge in [0.1, 0.15) is 5.82 Å². The summed E-state index contributed by atoms with van der Waals surface area (Å²) in [7, 11) is 0. The number of nitrogens with two attached hydrogens (primary N) is 1. The summed E-state index contributed by atoms with van der Waals surface area (Å²) in [6, 6.07) is 13.0. The average Bonchev–Trinajstić information content (AvgIpc) is 3.09. The summed E-state index contributed by atoms with van der Waals surface area (Å²) in [5, 5.41) is 6.94. The van der Waals surface area contributed by atoms with Crippen LogP contribution < -0.4 is 5.73 Å². The zero-order valence-electron chi connectivity index (χ0n) is 9.58. The van der Waals surface area contributed by atoms with Crippen LogP contribution in [-0.4, -0.2) is 15.2 Å². The van der Waals surface area contributed by atoms with E-state index in [1.807, 2.05) is 30.3 Å². The molecule has 3 N–H and O–H groups in total. The highest BCUT2D eigenvalue weighted by molar-refractivity contribution is 5.45. The first-order valence-corrected chi connectivity index (χ1v) is 5.61. The maximum atomic E-state index is 6.12. The molecule has 2 heterocycles. The molecule has 0 saturated heterocycles. The number of benzene rings is 1. The maximum Gasteiger partial charge on any atom is 0.216 e. The smallest absolute Gasteiger partial charge is 0.216 e. The zero-order valence-corrected chi connectivity index (χ0v) is 9.58. The van der Waals surface area contributed by atoms with E-state index in [1.54, 1.807) is 18.4 Å². The third-order valence-electron chi connectivity index (χ3n) is 2.70. The Morgan fingerprint density at radius 3 is 2.67 bits per heavy atom. The molecule has 0 aliphatic rings. The molecule has 1 aromatic carbocycles. The first kappa shape index (κ1) is 10.7. The molecule has 0 radical (unpaired) electrons. The first-order valence-electron chi connectivity index (χ1n) is 5.61. The van der Waals surface area contributed by atoms with Crippen molar-refractivity contribution in [1.29, 1.82) is 0 Å². The number of nitrogens with zero attached hydrogens (tertiary/aromatic N) is 2. The molecule has 0 aliphatic carbocycles. The lowest BCUT2D eigenvalue weighted by Gasteiger charge is -2.07. The van der Waals surface area contributed by atoms with Crippen molar-refractivity contribution in [3.05, 3.63) is 60.1 Å². The SMILES string of the molecule is NC(c1ccccc1)c1nc(-c2ccco2)n[nH]1. The van der Waals surface area contributed by atoms with Gasteiger partial charge in [0.15, 0.2) is 5.76 Å². The van der Waals surface area contributed by atoms with Gasteiger partial charge in [0, 0.05) is 0 Å². The van der Waals surface area contributed by atoms with Gasteiger partial charge in [-0.1, -0.05) is 30.3 Å². The van der Waals surface area contributed by atoms with Crippen LogP contribution in [0.4, 0.5) is 0 Å². The van der Waals surface area contributed by atoms with Crippen LogP contribution in [0.2, 0.25) is 0 Å². The van der Waals surface area contributed by atoms with E-state index in [2.05, 4.69) is 15.2 Å². The van der Waals surface area contributed by atoms with E-state index in [1.165, 1.54) is 0 Å². The Balaban J connectivity index is 1.90. The molecule has 1 unspecified atom stereocenters. The summed E-state index contributed by atoms with van der Waals surface area (Å²) in [5.41, 5.74) is 7.10.